The first kappa shape index (κ1) is 23.5. The SMILES string of the molecule is O=C1/C(=C/c2ccc(N3N=C(c4ccccc4)CC3c3ccccc3)cc2)SC(=S)N1Cc1ccco1. The van der Waals surface area contributed by atoms with E-state index in [0.29, 0.717) is 21.5 Å². The fourth-order valence-electron chi connectivity index (χ4n) is 4.56. The number of benzene rings is 3. The lowest BCUT2D eigenvalue weighted by molar-refractivity contribution is -0.122. The average molecular weight is 522 g/mol. The normalized spacial score (nSPS) is 18.6. The van der Waals surface area contributed by atoms with Gasteiger partial charge in [-0.2, -0.15) is 5.10 Å². The molecule has 5 nitrogen and oxygen atoms in total. The fourth-order valence-corrected chi connectivity index (χ4v) is 5.81. The Labute approximate surface area is 225 Å². The number of thiocarbonyl (C=S) groups is 1. The highest BCUT2D eigenvalue weighted by atomic mass is 32.2. The number of amides is 1. The van der Waals surface area contributed by atoms with Crippen LogP contribution in [-0.4, -0.2) is 20.8 Å². The zero-order valence-corrected chi connectivity index (χ0v) is 21.5. The summed E-state index contributed by atoms with van der Waals surface area (Å²) in [5.74, 6) is 0.604. The van der Waals surface area contributed by atoms with Crippen molar-refractivity contribution in [3.8, 4) is 0 Å². The molecule has 1 fully saturated rings. The first-order chi connectivity index (χ1) is 18.2. The van der Waals surface area contributed by atoms with Gasteiger partial charge in [0.15, 0.2) is 0 Å². The predicted octanol–water partition coefficient (Wildman–Crippen LogP) is 7.04. The molecule has 2 aliphatic heterocycles. The molecule has 1 unspecified atom stereocenters. The number of hydrogen-bond acceptors (Lipinski definition) is 6. The largest absolute Gasteiger partial charge is 0.467 e. The van der Waals surface area contributed by atoms with Crippen LogP contribution < -0.4 is 5.01 Å². The number of furan rings is 1. The smallest absolute Gasteiger partial charge is 0.266 e. The van der Waals surface area contributed by atoms with Gasteiger partial charge in [0.2, 0.25) is 0 Å². The summed E-state index contributed by atoms with van der Waals surface area (Å²) < 4.78 is 5.92. The molecule has 0 spiro atoms. The molecule has 1 amide bonds. The van der Waals surface area contributed by atoms with Crippen LogP contribution in [0.25, 0.3) is 6.08 Å². The lowest BCUT2D eigenvalue weighted by atomic mass is 9.98. The lowest BCUT2D eigenvalue weighted by Crippen LogP contribution is -2.27. The molecule has 4 aromatic rings. The monoisotopic (exact) mass is 521 g/mol. The van der Waals surface area contributed by atoms with Gasteiger partial charge in [0.05, 0.1) is 35.2 Å². The van der Waals surface area contributed by atoms with Crippen molar-refractivity contribution in [2.75, 3.05) is 5.01 Å². The van der Waals surface area contributed by atoms with Gasteiger partial charge >= 0.3 is 0 Å². The molecule has 2 aliphatic rings. The van der Waals surface area contributed by atoms with Crippen LogP contribution in [0.1, 0.15) is 34.9 Å². The Kier molecular flexibility index (Phi) is 6.47. The third-order valence-corrected chi connectivity index (χ3v) is 7.80. The Morgan fingerprint density at radius 1 is 0.946 bits per heavy atom. The third kappa shape index (κ3) is 4.88. The number of anilines is 1. The van der Waals surface area contributed by atoms with Gasteiger partial charge in [-0.25, -0.2) is 0 Å². The van der Waals surface area contributed by atoms with E-state index >= 15 is 0 Å². The van der Waals surface area contributed by atoms with E-state index in [2.05, 4.69) is 53.5 Å². The zero-order chi connectivity index (χ0) is 25.2. The first-order valence-corrected chi connectivity index (χ1v) is 13.2. The molecule has 0 aliphatic carbocycles. The Morgan fingerprint density at radius 2 is 1.68 bits per heavy atom. The van der Waals surface area contributed by atoms with E-state index in [1.54, 1.807) is 17.2 Å². The van der Waals surface area contributed by atoms with E-state index < -0.39 is 0 Å². The maximum Gasteiger partial charge on any atom is 0.266 e. The molecule has 7 heteroatoms. The van der Waals surface area contributed by atoms with Crippen molar-refractivity contribution in [2.45, 2.75) is 19.0 Å². The van der Waals surface area contributed by atoms with E-state index in [9.17, 15) is 4.79 Å². The molecule has 0 saturated carbocycles. The second kappa shape index (κ2) is 10.2. The molecule has 3 heterocycles. The van der Waals surface area contributed by atoms with Crippen molar-refractivity contribution in [2.24, 2.45) is 5.10 Å². The molecule has 3 aromatic carbocycles. The number of nitrogens with zero attached hydrogens (tertiary/aromatic N) is 3. The van der Waals surface area contributed by atoms with Crippen LogP contribution in [0.2, 0.25) is 0 Å². The maximum absolute atomic E-state index is 13.0. The van der Waals surface area contributed by atoms with E-state index in [-0.39, 0.29) is 11.9 Å². The summed E-state index contributed by atoms with van der Waals surface area (Å²) in [7, 11) is 0. The van der Waals surface area contributed by atoms with Gasteiger partial charge in [-0.1, -0.05) is 96.8 Å². The molecular formula is C30H23N3O2S2. The summed E-state index contributed by atoms with van der Waals surface area (Å²) in [6.07, 6.45) is 4.32. The zero-order valence-electron chi connectivity index (χ0n) is 19.9. The summed E-state index contributed by atoms with van der Waals surface area (Å²) in [5.41, 5.74) is 5.37. The van der Waals surface area contributed by atoms with Crippen molar-refractivity contribution in [1.29, 1.82) is 0 Å². The van der Waals surface area contributed by atoms with Gasteiger partial charge in [-0.3, -0.25) is 14.7 Å². The highest BCUT2D eigenvalue weighted by Crippen LogP contribution is 2.38. The van der Waals surface area contributed by atoms with Gasteiger partial charge < -0.3 is 4.42 Å². The van der Waals surface area contributed by atoms with Crippen LogP contribution in [0.4, 0.5) is 5.69 Å². The van der Waals surface area contributed by atoms with Gasteiger partial charge in [-0.15, -0.1) is 0 Å². The standard InChI is InChI=1S/C30H23N3O2S2/c34-29-28(37-30(36)32(29)20-25-12-7-17-35-25)18-21-13-15-24(16-14-21)33-27(23-10-5-2-6-11-23)19-26(31-33)22-8-3-1-4-9-22/h1-18,27H,19-20H2/b28-18-. The number of hydrazone groups is 1. The minimum absolute atomic E-state index is 0.101. The van der Waals surface area contributed by atoms with E-state index in [0.717, 1.165) is 28.9 Å². The lowest BCUT2D eigenvalue weighted by Gasteiger charge is -2.24. The number of carbonyl (C=O) groups excluding carboxylic acids is 1. The summed E-state index contributed by atoms with van der Waals surface area (Å²) in [6, 6.07) is 32.7. The van der Waals surface area contributed by atoms with Crippen LogP contribution in [0.5, 0.6) is 0 Å². The maximum atomic E-state index is 13.0. The number of hydrogen-bond donors (Lipinski definition) is 0. The van der Waals surface area contributed by atoms with Crippen molar-refractivity contribution < 1.29 is 9.21 Å². The quantitative estimate of drug-likeness (QED) is 0.201. The Bertz CT molecular complexity index is 1480. The van der Waals surface area contributed by atoms with Gasteiger partial charge in [-0.05, 0) is 47.0 Å². The summed E-state index contributed by atoms with van der Waals surface area (Å²) in [6.45, 7) is 0.339. The summed E-state index contributed by atoms with van der Waals surface area (Å²) in [5, 5.41) is 7.13. The molecule has 37 heavy (non-hydrogen) atoms. The average Bonchev–Trinajstić information content (AvgIpc) is 3.68. The van der Waals surface area contributed by atoms with Gasteiger partial charge in [0.1, 0.15) is 10.1 Å². The molecule has 6 rings (SSSR count). The van der Waals surface area contributed by atoms with Crippen LogP contribution in [0, 0.1) is 0 Å². The minimum atomic E-state index is -0.101. The Morgan fingerprint density at radius 3 is 2.38 bits per heavy atom. The van der Waals surface area contributed by atoms with E-state index in [1.165, 1.54) is 17.3 Å². The van der Waals surface area contributed by atoms with Crippen molar-refractivity contribution in [3.05, 3.63) is 131 Å². The van der Waals surface area contributed by atoms with E-state index in [4.69, 9.17) is 21.7 Å². The van der Waals surface area contributed by atoms with Crippen molar-refractivity contribution in [3.63, 3.8) is 0 Å². The number of carbonyl (C=O) groups is 1. The van der Waals surface area contributed by atoms with Crippen molar-refractivity contribution >= 4 is 51.7 Å². The van der Waals surface area contributed by atoms with E-state index in [1.807, 2.05) is 48.5 Å². The van der Waals surface area contributed by atoms with Crippen LogP contribution in [0.15, 0.2) is 118 Å². The number of thioether (sulfide) groups is 1. The molecular weight excluding hydrogens is 498 g/mol. The molecule has 0 bridgehead atoms. The molecule has 182 valence electrons. The molecule has 1 saturated heterocycles. The summed E-state index contributed by atoms with van der Waals surface area (Å²) >= 11 is 6.77. The topological polar surface area (TPSA) is 49.1 Å². The fraction of sp³-hybridized carbons (Fsp3) is 0.100. The predicted molar refractivity (Wildman–Crippen MR) is 153 cm³/mol. The summed E-state index contributed by atoms with van der Waals surface area (Å²) in [4.78, 5) is 15.2. The van der Waals surface area contributed by atoms with Crippen LogP contribution >= 0.6 is 24.0 Å². The Balaban J connectivity index is 1.25. The Hall–Kier alpha value is -3.94. The molecule has 0 N–H and O–H groups in total. The second-order valence-electron chi connectivity index (χ2n) is 8.83. The van der Waals surface area contributed by atoms with Gasteiger partial charge in [0, 0.05) is 6.42 Å². The number of rotatable bonds is 6. The highest BCUT2D eigenvalue weighted by molar-refractivity contribution is 8.26. The molecule has 0 radical (unpaired) electrons. The highest BCUT2D eigenvalue weighted by Gasteiger charge is 2.33. The van der Waals surface area contributed by atoms with Gasteiger partial charge in [0.25, 0.3) is 5.91 Å². The molecule has 1 atom stereocenters. The van der Waals surface area contributed by atoms with Crippen LogP contribution in [-0.2, 0) is 11.3 Å². The molecule has 1 aromatic heterocycles. The first-order valence-electron chi connectivity index (χ1n) is 12.0. The minimum Gasteiger partial charge on any atom is -0.467 e. The third-order valence-electron chi connectivity index (χ3n) is 6.42. The van der Waals surface area contributed by atoms with Crippen molar-refractivity contribution in [1.82, 2.24) is 4.90 Å². The second-order valence-corrected chi connectivity index (χ2v) is 10.5. The van der Waals surface area contributed by atoms with Crippen LogP contribution in [0.3, 0.4) is 0 Å².